The summed E-state index contributed by atoms with van der Waals surface area (Å²) in [5.74, 6) is -1.65. The van der Waals surface area contributed by atoms with E-state index in [1.165, 1.54) is 4.90 Å². The Morgan fingerprint density at radius 2 is 1.96 bits per heavy atom. The van der Waals surface area contributed by atoms with Gasteiger partial charge in [-0.25, -0.2) is 4.79 Å². The van der Waals surface area contributed by atoms with Crippen molar-refractivity contribution >= 4 is 23.5 Å². The van der Waals surface area contributed by atoms with Crippen LogP contribution in [-0.4, -0.2) is 28.4 Å². The van der Waals surface area contributed by atoms with Gasteiger partial charge < -0.3 is 10.0 Å². The molecule has 2 aromatic carbocycles. The zero-order valence-corrected chi connectivity index (χ0v) is 14.0. The Balaban J connectivity index is 1.93. The van der Waals surface area contributed by atoms with E-state index in [0.29, 0.717) is 23.6 Å². The Bertz CT molecular complexity index is 790. The van der Waals surface area contributed by atoms with Crippen LogP contribution in [0.5, 0.6) is 0 Å². The molecule has 124 valence electrons. The molecule has 1 aliphatic heterocycles. The van der Waals surface area contributed by atoms with Crippen molar-refractivity contribution in [1.29, 1.82) is 0 Å². The molecule has 0 aliphatic carbocycles. The molecule has 5 heteroatoms. The summed E-state index contributed by atoms with van der Waals surface area (Å²) < 4.78 is 0. The lowest BCUT2D eigenvalue weighted by molar-refractivity contribution is -0.151. The number of halogens is 1. The predicted octanol–water partition coefficient (Wildman–Crippen LogP) is 3.65. The summed E-state index contributed by atoms with van der Waals surface area (Å²) in [6.45, 7) is 2.19. The Hall–Kier alpha value is -2.33. The molecule has 1 aliphatic rings. The van der Waals surface area contributed by atoms with Gasteiger partial charge in [0.1, 0.15) is 0 Å². The van der Waals surface area contributed by atoms with Gasteiger partial charge in [-0.15, -0.1) is 0 Å². The number of carboxylic acids is 1. The minimum atomic E-state index is -1.01. The first-order valence-electron chi connectivity index (χ1n) is 7.85. The van der Waals surface area contributed by atoms with Crippen LogP contribution in [0.4, 0.5) is 0 Å². The lowest BCUT2D eigenvalue weighted by Crippen LogP contribution is -2.45. The maximum absolute atomic E-state index is 13.0. The smallest absolute Gasteiger partial charge is 0.331 e. The average Bonchev–Trinajstić information content (AvgIpc) is 2.59. The van der Waals surface area contributed by atoms with Crippen molar-refractivity contribution in [2.45, 2.75) is 25.3 Å². The summed E-state index contributed by atoms with van der Waals surface area (Å²) in [7, 11) is 0. The van der Waals surface area contributed by atoms with E-state index in [0.717, 1.165) is 11.1 Å². The number of nitrogens with zero attached hydrogens (tertiary/aromatic N) is 1. The molecule has 0 spiro atoms. The molecule has 1 amide bonds. The Labute approximate surface area is 145 Å². The number of fused-ring (bicyclic) bond motifs is 1. The molecule has 4 nitrogen and oxygen atoms in total. The third-order valence-corrected chi connectivity index (χ3v) is 4.75. The van der Waals surface area contributed by atoms with Gasteiger partial charge in [0, 0.05) is 11.6 Å². The fourth-order valence-electron chi connectivity index (χ4n) is 3.24. The first-order chi connectivity index (χ1) is 11.5. The number of rotatable bonds is 3. The van der Waals surface area contributed by atoms with E-state index in [4.69, 9.17) is 11.6 Å². The number of hydrogen-bond acceptors (Lipinski definition) is 2. The van der Waals surface area contributed by atoms with E-state index < -0.39 is 17.9 Å². The van der Waals surface area contributed by atoms with Crippen LogP contribution in [0.25, 0.3) is 0 Å². The third-order valence-electron chi connectivity index (χ3n) is 4.52. The largest absolute Gasteiger partial charge is 0.479 e. The Morgan fingerprint density at radius 3 is 2.67 bits per heavy atom. The van der Waals surface area contributed by atoms with Gasteiger partial charge in [0.25, 0.3) is 0 Å². The van der Waals surface area contributed by atoms with E-state index >= 15 is 0 Å². The average molecular weight is 344 g/mol. The molecule has 0 aromatic heterocycles. The van der Waals surface area contributed by atoms with Gasteiger partial charge in [-0.3, -0.25) is 4.79 Å². The molecule has 3 rings (SSSR count). The van der Waals surface area contributed by atoms with Crippen molar-refractivity contribution in [2.24, 2.45) is 0 Å². The third kappa shape index (κ3) is 3.02. The highest BCUT2D eigenvalue weighted by Crippen LogP contribution is 2.33. The highest BCUT2D eigenvalue weighted by molar-refractivity contribution is 6.30. The van der Waals surface area contributed by atoms with Gasteiger partial charge in [0.15, 0.2) is 6.04 Å². The molecule has 24 heavy (non-hydrogen) atoms. The number of carbonyl (C=O) groups is 2. The fraction of sp³-hybridized carbons (Fsp3) is 0.263. The zero-order chi connectivity index (χ0) is 17.3. The van der Waals surface area contributed by atoms with Crippen LogP contribution >= 0.6 is 11.6 Å². The predicted molar refractivity (Wildman–Crippen MR) is 92.1 cm³/mol. The van der Waals surface area contributed by atoms with Crippen LogP contribution in [-0.2, 0) is 16.0 Å². The van der Waals surface area contributed by atoms with E-state index in [9.17, 15) is 14.7 Å². The van der Waals surface area contributed by atoms with Crippen molar-refractivity contribution in [1.82, 2.24) is 4.90 Å². The second-order valence-electron chi connectivity index (χ2n) is 6.00. The molecular formula is C19H18ClNO3. The number of hydrogen-bond donors (Lipinski definition) is 1. The zero-order valence-electron chi connectivity index (χ0n) is 13.3. The molecule has 1 heterocycles. The van der Waals surface area contributed by atoms with Gasteiger partial charge in [-0.1, -0.05) is 48.0 Å². The molecule has 0 bridgehead atoms. The molecule has 0 saturated heterocycles. The normalized spacial score (nSPS) is 17.9. The molecule has 0 saturated carbocycles. The van der Waals surface area contributed by atoms with E-state index in [1.54, 1.807) is 31.2 Å². The number of amides is 1. The van der Waals surface area contributed by atoms with Crippen molar-refractivity contribution in [3.63, 3.8) is 0 Å². The van der Waals surface area contributed by atoms with Crippen LogP contribution < -0.4 is 0 Å². The van der Waals surface area contributed by atoms with Crippen LogP contribution in [0.2, 0.25) is 5.02 Å². The maximum Gasteiger partial charge on any atom is 0.331 e. The summed E-state index contributed by atoms with van der Waals surface area (Å²) >= 11 is 6.01. The minimum Gasteiger partial charge on any atom is -0.479 e. The highest BCUT2D eigenvalue weighted by atomic mass is 35.5. The van der Waals surface area contributed by atoms with E-state index in [1.807, 2.05) is 24.3 Å². The van der Waals surface area contributed by atoms with Crippen molar-refractivity contribution in [3.8, 4) is 0 Å². The van der Waals surface area contributed by atoms with E-state index in [2.05, 4.69) is 0 Å². The Morgan fingerprint density at radius 1 is 1.21 bits per heavy atom. The summed E-state index contributed by atoms with van der Waals surface area (Å²) in [4.78, 5) is 26.3. The van der Waals surface area contributed by atoms with Crippen molar-refractivity contribution in [3.05, 3.63) is 70.2 Å². The number of benzene rings is 2. The SMILES string of the molecule is CC(C(=O)N1CCc2ccccc2C1C(=O)O)c1cccc(Cl)c1. The standard InChI is InChI=1S/C19H18ClNO3/c1-12(14-6-4-7-15(20)11-14)18(22)21-10-9-13-5-2-3-8-16(13)17(21)19(23)24/h2-8,11-12,17H,9-10H2,1H3,(H,23,24). The van der Waals surface area contributed by atoms with E-state index in [-0.39, 0.29) is 5.91 Å². The molecule has 2 aromatic rings. The van der Waals surface area contributed by atoms with Crippen molar-refractivity contribution in [2.75, 3.05) is 6.54 Å². The van der Waals surface area contributed by atoms with Crippen LogP contribution in [0.1, 0.15) is 35.6 Å². The van der Waals surface area contributed by atoms with Gasteiger partial charge >= 0.3 is 5.97 Å². The molecule has 2 unspecified atom stereocenters. The first kappa shape index (κ1) is 16.5. The van der Waals surface area contributed by atoms with Gasteiger partial charge in [-0.05, 0) is 42.2 Å². The fourth-order valence-corrected chi connectivity index (χ4v) is 3.44. The number of aliphatic carboxylic acids is 1. The molecule has 0 radical (unpaired) electrons. The maximum atomic E-state index is 13.0. The molecule has 2 atom stereocenters. The summed E-state index contributed by atoms with van der Waals surface area (Å²) in [5.41, 5.74) is 2.47. The molecular weight excluding hydrogens is 326 g/mol. The van der Waals surface area contributed by atoms with Gasteiger partial charge in [0.05, 0.1) is 5.92 Å². The second kappa shape index (κ2) is 6.65. The summed E-state index contributed by atoms with van der Waals surface area (Å²) in [5, 5.41) is 10.2. The quantitative estimate of drug-likeness (QED) is 0.925. The Kier molecular flexibility index (Phi) is 4.58. The number of carboxylic acid groups (broad SMARTS) is 1. The second-order valence-corrected chi connectivity index (χ2v) is 6.43. The first-order valence-corrected chi connectivity index (χ1v) is 8.23. The lowest BCUT2D eigenvalue weighted by Gasteiger charge is -2.36. The highest BCUT2D eigenvalue weighted by Gasteiger charge is 2.37. The summed E-state index contributed by atoms with van der Waals surface area (Å²) in [6, 6.07) is 13.6. The summed E-state index contributed by atoms with van der Waals surface area (Å²) in [6.07, 6.45) is 0.661. The van der Waals surface area contributed by atoms with Gasteiger partial charge in [0.2, 0.25) is 5.91 Å². The molecule has 0 fully saturated rings. The monoisotopic (exact) mass is 343 g/mol. The van der Waals surface area contributed by atoms with Gasteiger partial charge in [-0.2, -0.15) is 0 Å². The number of carbonyl (C=O) groups excluding carboxylic acids is 1. The van der Waals surface area contributed by atoms with Crippen LogP contribution in [0.3, 0.4) is 0 Å². The van der Waals surface area contributed by atoms with Crippen molar-refractivity contribution < 1.29 is 14.7 Å². The minimum absolute atomic E-state index is 0.195. The topological polar surface area (TPSA) is 57.6 Å². The van der Waals surface area contributed by atoms with Crippen LogP contribution in [0, 0.1) is 0 Å². The van der Waals surface area contributed by atoms with Crippen LogP contribution in [0.15, 0.2) is 48.5 Å². The lowest BCUT2D eigenvalue weighted by atomic mass is 9.90. The molecule has 1 N–H and O–H groups in total.